The first kappa shape index (κ1) is 22.3. The van der Waals surface area contributed by atoms with Crippen LogP contribution in [0, 0.1) is 29.6 Å². The highest BCUT2D eigenvalue weighted by atomic mass is 79.9. The molecule has 0 heterocycles. The number of nitrogens with zero attached hydrogens (tertiary/aromatic N) is 2. The molecule has 0 fully saturated rings. The Hall–Kier alpha value is -2.99. The molecule has 0 radical (unpaired) electrons. The Morgan fingerprint density at radius 3 is 2.24 bits per heavy atom. The van der Waals surface area contributed by atoms with Gasteiger partial charge in [0, 0.05) is 4.47 Å². The van der Waals surface area contributed by atoms with Gasteiger partial charge in [0.1, 0.15) is 17.2 Å². The Balaban J connectivity index is 0.000000234. The van der Waals surface area contributed by atoms with Crippen molar-refractivity contribution in [1.29, 1.82) is 10.5 Å². The third kappa shape index (κ3) is 7.16. The maximum atomic E-state index is 9.22. The van der Waals surface area contributed by atoms with Crippen molar-refractivity contribution >= 4 is 27.5 Å². The van der Waals surface area contributed by atoms with Crippen LogP contribution in [-0.4, -0.2) is 5.11 Å². The zero-order valence-electron chi connectivity index (χ0n) is 15.7. The number of ether oxygens (including phenoxy) is 1. The van der Waals surface area contributed by atoms with E-state index in [4.69, 9.17) is 26.9 Å². The average Bonchev–Trinajstić information content (AvgIpc) is 2.68. The van der Waals surface area contributed by atoms with Crippen molar-refractivity contribution in [3.63, 3.8) is 0 Å². The van der Waals surface area contributed by atoms with Crippen LogP contribution in [0.2, 0.25) is 5.02 Å². The average molecular weight is 470 g/mol. The molecule has 3 rings (SSSR count). The van der Waals surface area contributed by atoms with Crippen molar-refractivity contribution in [1.82, 2.24) is 0 Å². The zero-order valence-corrected chi connectivity index (χ0v) is 18.0. The summed E-state index contributed by atoms with van der Waals surface area (Å²) in [7, 11) is 0. The minimum atomic E-state index is 0.262. The fraction of sp³-hybridized carbons (Fsp3) is 0.130. The monoisotopic (exact) mass is 468 g/mol. The predicted molar refractivity (Wildman–Crippen MR) is 117 cm³/mol. The predicted octanol–water partition coefficient (Wildman–Crippen LogP) is 6.73. The highest BCUT2D eigenvalue weighted by Crippen LogP contribution is 2.31. The molecule has 0 aliphatic rings. The number of phenolic OH excluding ortho intramolecular Hbond substituents is 1. The van der Waals surface area contributed by atoms with Crippen LogP contribution in [0.25, 0.3) is 0 Å². The van der Waals surface area contributed by atoms with Crippen LogP contribution >= 0.6 is 27.5 Å². The van der Waals surface area contributed by atoms with Crippen molar-refractivity contribution in [2.45, 2.75) is 19.8 Å². The van der Waals surface area contributed by atoms with E-state index in [1.54, 1.807) is 18.2 Å². The molecule has 0 aromatic heterocycles. The number of aryl methyl sites for hydroxylation is 1. The summed E-state index contributed by atoms with van der Waals surface area (Å²) in [6, 6.07) is 22.2. The van der Waals surface area contributed by atoms with Gasteiger partial charge in [-0.1, -0.05) is 51.8 Å². The van der Waals surface area contributed by atoms with E-state index in [-0.39, 0.29) is 5.75 Å². The first-order valence-corrected chi connectivity index (χ1v) is 9.84. The molecule has 0 saturated carbocycles. The topological polar surface area (TPSA) is 77.0 Å². The van der Waals surface area contributed by atoms with E-state index in [1.807, 2.05) is 55.5 Å². The van der Waals surface area contributed by atoms with Gasteiger partial charge in [-0.05, 0) is 60.0 Å². The Morgan fingerprint density at radius 2 is 1.62 bits per heavy atom. The molecule has 1 N–H and O–H groups in total. The van der Waals surface area contributed by atoms with Crippen molar-refractivity contribution < 1.29 is 9.84 Å². The third-order valence-corrected chi connectivity index (χ3v) is 4.66. The van der Waals surface area contributed by atoms with Crippen molar-refractivity contribution in [3.8, 4) is 29.4 Å². The number of hydrogen-bond donors (Lipinski definition) is 1. The SMILES string of the molecule is Cc1ccc(CC#N)cc1O.N#CCc1ccc(Cl)c(Oc2cccc(Br)c2)c1. The lowest BCUT2D eigenvalue weighted by Gasteiger charge is -2.09. The largest absolute Gasteiger partial charge is 0.508 e. The van der Waals surface area contributed by atoms with Crippen molar-refractivity contribution in [2.75, 3.05) is 0 Å². The summed E-state index contributed by atoms with van der Waals surface area (Å²) in [5.41, 5.74) is 2.58. The molecule has 0 saturated heterocycles. The van der Waals surface area contributed by atoms with Crippen LogP contribution in [0.3, 0.4) is 0 Å². The lowest BCUT2D eigenvalue weighted by molar-refractivity contribution is 0.470. The second kappa shape index (κ2) is 11.1. The molecule has 0 bridgehead atoms. The van der Waals surface area contributed by atoms with Gasteiger partial charge >= 0.3 is 0 Å². The normalized spacial score (nSPS) is 9.55. The summed E-state index contributed by atoms with van der Waals surface area (Å²) in [5.74, 6) is 1.51. The van der Waals surface area contributed by atoms with E-state index in [9.17, 15) is 5.11 Å². The maximum absolute atomic E-state index is 9.22. The molecule has 0 unspecified atom stereocenters. The minimum Gasteiger partial charge on any atom is -0.508 e. The molecule has 0 aliphatic carbocycles. The lowest BCUT2D eigenvalue weighted by atomic mass is 10.1. The molecule has 0 atom stereocenters. The second-order valence-electron chi connectivity index (χ2n) is 6.11. The fourth-order valence-electron chi connectivity index (χ4n) is 2.34. The van der Waals surface area contributed by atoms with Crippen LogP contribution in [0.5, 0.6) is 17.2 Å². The summed E-state index contributed by atoms with van der Waals surface area (Å²) in [6.07, 6.45) is 0.694. The van der Waals surface area contributed by atoms with Crippen LogP contribution in [0.4, 0.5) is 0 Å². The first-order chi connectivity index (χ1) is 13.9. The van der Waals surface area contributed by atoms with E-state index >= 15 is 0 Å². The molecule has 0 aliphatic heterocycles. The molecule has 3 aromatic carbocycles. The van der Waals surface area contributed by atoms with Gasteiger partial charge in [0.15, 0.2) is 0 Å². The number of rotatable bonds is 4. The highest BCUT2D eigenvalue weighted by molar-refractivity contribution is 9.10. The fourth-order valence-corrected chi connectivity index (χ4v) is 2.88. The summed E-state index contributed by atoms with van der Waals surface area (Å²) in [5, 5.41) is 26.8. The minimum absolute atomic E-state index is 0.262. The Kier molecular flexibility index (Phi) is 8.55. The van der Waals surface area contributed by atoms with Gasteiger partial charge in [0.05, 0.1) is 30.0 Å². The van der Waals surface area contributed by atoms with E-state index < -0.39 is 0 Å². The standard InChI is InChI=1S/C14H9BrClNO.C9H9NO/c15-11-2-1-3-12(9-11)18-14-8-10(6-7-17)4-5-13(14)16;1-7-2-3-8(4-5-10)6-9(7)11/h1-5,8-9H,6H2;2-3,6,11H,4H2,1H3. The summed E-state index contributed by atoms with van der Waals surface area (Å²) < 4.78 is 6.64. The molecule has 4 nitrogen and oxygen atoms in total. The maximum Gasteiger partial charge on any atom is 0.146 e. The zero-order chi connectivity index (χ0) is 21.2. The number of halogens is 2. The van der Waals surface area contributed by atoms with E-state index in [2.05, 4.69) is 22.0 Å². The summed E-state index contributed by atoms with van der Waals surface area (Å²) in [6.45, 7) is 1.82. The molecular weight excluding hydrogens is 452 g/mol. The van der Waals surface area contributed by atoms with Crippen LogP contribution in [0.15, 0.2) is 65.1 Å². The van der Waals surface area contributed by atoms with E-state index in [1.165, 1.54) is 0 Å². The van der Waals surface area contributed by atoms with Crippen LogP contribution in [0.1, 0.15) is 16.7 Å². The second-order valence-corrected chi connectivity index (χ2v) is 7.44. The van der Waals surface area contributed by atoms with Crippen molar-refractivity contribution in [3.05, 3.63) is 86.8 Å². The Morgan fingerprint density at radius 1 is 0.966 bits per heavy atom. The van der Waals surface area contributed by atoms with Gasteiger partial charge in [-0.3, -0.25) is 0 Å². The summed E-state index contributed by atoms with van der Waals surface area (Å²) >= 11 is 9.44. The van der Waals surface area contributed by atoms with Gasteiger partial charge < -0.3 is 9.84 Å². The van der Waals surface area contributed by atoms with Crippen LogP contribution in [-0.2, 0) is 12.8 Å². The number of aromatic hydroxyl groups is 1. The molecule has 3 aromatic rings. The van der Waals surface area contributed by atoms with Crippen LogP contribution < -0.4 is 4.74 Å². The molecule has 29 heavy (non-hydrogen) atoms. The Bertz CT molecular complexity index is 1070. The first-order valence-electron chi connectivity index (χ1n) is 8.67. The van der Waals surface area contributed by atoms with E-state index in [0.29, 0.717) is 29.4 Å². The third-order valence-electron chi connectivity index (χ3n) is 3.86. The number of hydrogen-bond acceptors (Lipinski definition) is 4. The van der Waals surface area contributed by atoms with Gasteiger partial charge in [0.25, 0.3) is 0 Å². The van der Waals surface area contributed by atoms with Crippen molar-refractivity contribution in [2.24, 2.45) is 0 Å². The van der Waals surface area contributed by atoms with Gasteiger partial charge in [-0.2, -0.15) is 10.5 Å². The molecule has 146 valence electrons. The smallest absolute Gasteiger partial charge is 0.146 e. The Labute approximate surface area is 183 Å². The quantitative estimate of drug-likeness (QED) is 0.459. The lowest BCUT2D eigenvalue weighted by Crippen LogP contribution is -1.88. The molecular formula is C23H18BrClN2O2. The molecule has 6 heteroatoms. The number of phenols is 1. The van der Waals surface area contributed by atoms with Gasteiger partial charge in [-0.15, -0.1) is 0 Å². The number of nitriles is 2. The number of benzene rings is 3. The molecule has 0 amide bonds. The van der Waals surface area contributed by atoms with Gasteiger partial charge in [-0.25, -0.2) is 0 Å². The van der Waals surface area contributed by atoms with Gasteiger partial charge in [0.2, 0.25) is 0 Å². The summed E-state index contributed by atoms with van der Waals surface area (Å²) in [4.78, 5) is 0. The highest BCUT2D eigenvalue weighted by Gasteiger charge is 2.05. The molecule has 0 spiro atoms. The van der Waals surface area contributed by atoms with E-state index in [0.717, 1.165) is 21.2 Å².